The number of hydrogen-bond donors (Lipinski definition) is 0. The van der Waals surface area contributed by atoms with Crippen LogP contribution in [0.2, 0.25) is 0 Å². The van der Waals surface area contributed by atoms with E-state index in [0.717, 1.165) is 0 Å². The zero-order valence-electron chi connectivity index (χ0n) is 6.59. The van der Waals surface area contributed by atoms with Crippen molar-refractivity contribution in [3.05, 3.63) is 11.8 Å². The first-order valence-corrected chi connectivity index (χ1v) is 3.75. The van der Waals surface area contributed by atoms with Gasteiger partial charge in [0.1, 0.15) is 5.76 Å². The molecule has 4 heteroatoms. The van der Waals surface area contributed by atoms with Gasteiger partial charge in [-0.1, -0.05) is 0 Å². The van der Waals surface area contributed by atoms with Crippen LogP contribution in [-0.4, -0.2) is 25.6 Å². The summed E-state index contributed by atoms with van der Waals surface area (Å²) in [7, 11) is 1.45. The van der Waals surface area contributed by atoms with E-state index >= 15 is 0 Å². The molecule has 0 amide bonds. The van der Waals surface area contributed by atoms with Crippen molar-refractivity contribution in [1.82, 2.24) is 0 Å². The van der Waals surface area contributed by atoms with Gasteiger partial charge in [0.2, 0.25) is 0 Å². The summed E-state index contributed by atoms with van der Waals surface area (Å²) in [6.45, 7) is 2.09. The van der Waals surface area contributed by atoms with Crippen LogP contribution in [0.1, 0.15) is 6.92 Å². The summed E-state index contributed by atoms with van der Waals surface area (Å²) in [5, 5.41) is 0. The minimum atomic E-state index is -0.426. The van der Waals surface area contributed by atoms with Crippen molar-refractivity contribution in [3.63, 3.8) is 0 Å². The highest BCUT2D eigenvalue weighted by molar-refractivity contribution is 6.19. The number of carbonyl (C=O) groups excluding carboxylic acids is 1. The third-order valence-corrected chi connectivity index (χ3v) is 1.22. The average molecular weight is 179 g/mol. The Balaban J connectivity index is 3.93. The lowest BCUT2D eigenvalue weighted by Crippen LogP contribution is -2.02. The molecular weight excluding hydrogens is 168 g/mol. The van der Waals surface area contributed by atoms with Gasteiger partial charge in [-0.25, -0.2) is 4.79 Å². The summed E-state index contributed by atoms with van der Waals surface area (Å²) >= 11 is 5.41. The van der Waals surface area contributed by atoms with Crippen LogP contribution in [0.15, 0.2) is 11.8 Å². The van der Waals surface area contributed by atoms with Gasteiger partial charge in [-0.3, -0.25) is 0 Å². The molecule has 0 atom stereocenters. The highest BCUT2D eigenvalue weighted by atomic mass is 35.5. The predicted molar refractivity (Wildman–Crippen MR) is 42.4 cm³/mol. The van der Waals surface area contributed by atoms with Crippen molar-refractivity contribution < 1.29 is 14.3 Å². The minimum Gasteiger partial charge on any atom is -0.500 e. The first-order valence-electron chi connectivity index (χ1n) is 3.21. The van der Waals surface area contributed by atoms with Gasteiger partial charge in [0.15, 0.2) is 0 Å². The van der Waals surface area contributed by atoms with Gasteiger partial charge in [0.05, 0.1) is 25.7 Å². The molecule has 0 aromatic carbocycles. The molecule has 0 saturated heterocycles. The molecule has 0 aliphatic heterocycles. The Kier molecular flexibility index (Phi) is 5.65. The maximum absolute atomic E-state index is 10.7. The first kappa shape index (κ1) is 10.3. The molecule has 0 bridgehead atoms. The Hall–Kier alpha value is -0.700. The molecule has 0 aliphatic rings. The lowest BCUT2D eigenvalue weighted by Gasteiger charge is -2.00. The Morgan fingerprint density at radius 1 is 1.64 bits per heavy atom. The molecular formula is C7H11ClO3. The normalized spacial score (nSPS) is 11.0. The summed E-state index contributed by atoms with van der Waals surface area (Å²) in [5.74, 6) is 0.157. The average Bonchev–Trinajstić information content (AvgIpc) is 2.01. The van der Waals surface area contributed by atoms with Gasteiger partial charge in [0, 0.05) is 0 Å². The van der Waals surface area contributed by atoms with E-state index < -0.39 is 5.97 Å². The number of ether oxygens (including phenoxy) is 2. The van der Waals surface area contributed by atoms with Crippen molar-refractivity contribution in [2.24, 2.45) is 0 Å². The number of hydrogen-bond acceptors (Lipinski definition) is 3. The van der Waals surface area contributed by atoms with Crippen molar-refractivity contribution in [2.45, 2.75) is 6.92 Å². The maximum atomic E-state index is 10.7. The van der Waals surface area contributed by atoms with Crippen LogP contribution in [0.4, 0.5) is 0 Å². The standard InChI is InChI=1S/C7H11ClO3/c1-3-11-7(9)4-6(5-8)10-2/h4H,3,5H2,1-2H3/b6-4-. The molecule has 0 heterocycles. The van der Waals surface area contributed by atoms with Gasteiger partial charge in [-0.15, -0.1) is 11.6 Å². The van der Waals surface area contributed by atoms with Gasteiger partial charge in [-0.2, -0.15) is 0 Å². The lowest BCUT2D eigenvalue weighted by atomic mass is 10.5. The van der Waals surface area contributed by atoms with Crippen LogP contribution in [-0.2, 0) is 14.3 Å². The van der Waals surface area contributed by atoms with E-state index in [0.29, 0.717) is 12.4 Å². The van der Waals surface area contributed by atoms with E-state index in [1.54, 1.807) is 6.92 Å². The molecule has 0 rings (SSSR count). The second kappa shape index (κ2) is 6.04. The number of halogens is 1. The van der Waals surface area contributed by atoms with Crippen molar-refractivity contribution in [3.8, 4) is 0 Å². The second-order valence-corrected chi connectivity index (χ2v) is 1.97. The van der Waals surface area contributed by atoms with E-state index in [2.05, 4.69) is 4.74 Å². The van der Waals surface area contributed by atoms with Crippen molar-refractivity contribution >= 4 is 17.6 Å². The maximum Gasteiger partial charge on any atom is 0.334 e. The first-order chi connectivity index (χ1) is 5.24. The molecule has 0 aromatic heterocycles. The largest absolute Gasteiger partial charge is 0.500 e. The van der Waals surface area contributed by atoms with E-state index in [1.165, 1.54) is 13.2 Å². The molecule has 0 aliphatic carbocycles. The Labute approximate surface area is 70.9 Å². The van der Waals surface area contributed by atoms with Crippen LogP contribution >= 0.6 is 11.6 Å². The predicted octanol–water partition coefficient (Wildman–Crippen LogP) is 1.32. The van der Waals surface area contributed by atoms with Crippen molar-refractivity contribution in [2.75, 3.05) is 19.6 Å². The number of rotatable bonds is 4. The third kappa shape index (κ3) is 4.67. The molecule has 11 heavy (non-hydrogen) atoms. The van der Waals surface area contributed by atoms with E-state index in [1.807, 2.05) is 0 Å². The summed E-state index contributed by atoms with van der Waals surface area (Å²) < 4.78 is 9.37. The zero-order chi connectivity index (χ0) is 8.69. The number of allylic oxidation sites excluding steroid dienone is 1. The second-order valence-electron chi connectivity index (χ2n) is 1.70. The fraction of sp³-hybridized carbons (Fsp3) is 0.571. The molecule has 0 aromatic rings. The van der Waals surface area contributed by atoms with Gasteiger partial charge >= 0.3 is 5.97 Å². The summed E-state index contributed by atoms with van der Waals surface area (Å²) in [5.41, 5.74) is 0. The Bertz CT molecular complexity index is 148. The fourth-order valence-electron chi connectivity index (χ4n) is 0.467. The molecule has 0 saturated carbocycles. The van der Waals surface area contributed by atoms with Crippen LogP contribution < -0.4 is 0 Å². The smallest absolute Gasteiger partial charge is 0.334 e. The molecule has 0 spiro atoms. The van der Waals surface area contributed by atoms with E-state index in [4.69, 9.17) is 16.3 Å². The number of alkyl halides is 1. The Morgan fingerprint density at radius 3 is 2.64 bits per heavy atom. The number of carbonyl (C=O) groups is 1. The quantitative estimate of drug-likeness (QED) is 0.282. The highest BCUT2D eigenvalue weighted by Gasteiger charge is 1.99. The molecule has 64 valence electrons. The summed E-state index contributed by atoms with van der Waals surface area (Å²) in [6, 6.07) is 0. The molecule has 0 unspecified atom stereocenters. The van der Waals surface area contributed by atoms with Crippen LogP contribution in [0.3, 0.4) is 0 Å². The third-order valence-electron chi connectivity index (χ3n) is 0.959. The summed E-state index contributed by atoms with van der Waals surface area (Å²) in [4.78, 5) is 10.7. The fourth-order valence-corrected chi connectivity index (χ4v) is 0.654. The highest BCUT2D eigenvalue weighted by Crippen LogP contribution is 1.98. The minimum absolute atomic E-state index is 0.176. The molecule has 3 nitrogen and oxygen atoms in total. The van der Waals surface area contributed by atoms with E-state index in [9.17, 15) is 4.79 Å². The topological polar surface area (TPSA) is 35.5 Å². The zero-order valence-corrected chi connectivity index (χ0v) is 7.35. The van der Waals surface area contributed by atoms with Gasteiger partial charge < -0.3 is 9.47 Å². The van der Waals surface area contributed by atoms with Gasteiger partial charge in [-0.05, 0) is 6.92 Å². The number of methoxy groups -OCH3 is 1. The monoisotopic (exact) mass is 178 g/mol. The van der Waals surface area contributed by atoms with Crippen LogP contribution in [0.25, 0.3) is 0 Å². The molecule has 0 fully saturated rings. The van der Waals surface area contributed by atoms with Crippen molar-refractivity contribution in [1.29, 1.82) is 0 Å². The Morgan fingerprint density at radius 2 is 2.27 bits per heavy atom. The summed E-state index contributed by atoms with van der Waals surface area (Å²) in [6.07, 6.45) is 1.23. The molecule has 0 radical (unpaired) electrons. The lowest BCUT2D eigenvalue weighted by molar-refractivity contribution is -0.137. The van der Waals surface area contributed by atoms with E-state index in [-0.39, 0.29) is 5.88 Å². The van der Waals surface area contributed by atoms with Crippen LogP contribution in [0, 0.1) is 0 Å². The molecule has 0 N–H and O–H groups in total. The van der Waals surface area contributed by atoms with Gasteiger partial charge in [0.25, 0.3) is 0 Å². The van der Waals surface area contributed by atoms with Crippen LogP contribution in [0.5, 0.6) is 0 Å². The number of esters is 1. The SMILES string of the molecule is CCOC(=O)/C=C(/CCl)OC.